The third-order valence-corrected chi connectivity index (χ3v) is 6.29. The van der Waals surface area contributed by atoms with Gasteiger partial charge in [-0.25, -0.2) is 4.79 Å². The van der Waals surface area contributed by atoms with E-state index >= 15 is 0 Å². The maximum atomic E-state index is 12.5. The average Bonchev–Trinajstić information content (AvgIpc) is 2.92. The van der Waals surface area contributed by atoms with Crippen LogP contribution in [-0.2, 0) is 0 Å². The molecule has 0 radical (unpaired) electrons. The van der Waals surface area contributed by atoms with Crippen molar-refractivity contribution in [2.24, 2.45) is 0 Å². The quantitative estimate of drug-likeness (QED) is 0.0922. The highest BCUT2D eigenvalue weighted by Crippen LogP contribution is 2.19. The summed E-state index contributed by atoms with van der Waals surface area (Å²) in [6.45, 7) is 2.96. The van der Waals surface area contributed by atoms with Gasteiger partial charge in [0.25, 0.3) is 0 Å². The lowest BCUT2D eigenvalue weighted by Crippen LogP contribution is -2.08. The van der Waals surface area contributed by atoms with Crippen LogP contribution in [0, 0.1) is 0 Å². The van der Waals surface area contributed by atoms with Gasteiger partial charge in [-0.1, -0.05) is 101 Å². The topological polar surface area (TPSA) is 55.8 Å². The van der Waals surface area contributed by atoms with Crippen LogP contribution in [0.3, 0.4) is 0 Å². The van der Waals surface area contributed by atoms with Crippen molar-refractivity contribution in [3.8, 4) is 17.2 Å². The second kappa shape index (κ2) is 16.3. The van der Waals surface area contributed by atoms with Gasteiger partial charge in [-0.15, -0.1) is 0 Å². The fourth-order valence-electron chi connectivity index (χ4n) is 4.10. The van der Waals surface area contributed by atoms with Crippen LogP contribution in [0.2, 0.25) is 0 Å². The van der Waals surface area contributed by atoms with Crippen molar-refractivity contribution >= 4 is 18.1 Å². The molecule has 0 aliphatic heterocycles. The molecule has 1 N–H and O–H groups in total. The Balaban J connectivity index is 1.33. The molecule has 0 unspecified atom stereocenters. The minimum Gasteiger partial charge on any atom is -0.508 e. The summed E-state index contributed by atoms with van der Waals surface area (Å²) in [5, 5.41) is 9.56. The molecule has 3 aromatic carbocycles. The number of aromatic hydroxyl groups is 1. The molecule has 4 heteroatoms. The van der Waals surface area contributed by atoms with E-state index in [0.29, 0.717) is 17.9 Å². The van der Waals surface area contributed by atoms with E-state index in [2.05, 4.69) is 6.92 Å². The van der Waals surface area contributed by atoms with Crippen molar-refractivity contribution in [1.29, 1.82) is 0 Å². The first-order valence-corrected chi connectivity index (χ1v) is 13.7. The number of phenols is 1. The zero-order valence-corrected chi connectivity index (χ0v) is 22.0. The number of esters is 1. The summed E-state index contributed by atoms with van der Waals surface area (Å²) < 4.78 is 11.3. The van der Waals surface area contributed by atoms with Gasteiger partial charge in [0.15, 0.2) is 0 Å². The van der Waals surface area contributed by atoms with E-state index < -0.39 is 5.97 Å². The predicted molar refractivity (Wildman–Crippen MR) is 152 cm³/mol. The number of benzene rings is 3. The Morgan fingerprint density at radius 3 is 1.95 bits per heavy atom. The highest BCUT2D eigenvalue weighted by atomic mass is 16.5. The van der Waals surface area contributed by atoms with Crippen LogP contribution >= 0.6 is 0 Å². The van der Waals surface area contributed by atoms with Crippen LogP contribution < -0.4 is 9.47 Å². The highest BCUT2D eigenvalue weighted by Gasteiger charge is 2.09. The fourth-order valence-corrected chi connectivity index (χ4v) is 4.10. The number of phenolic OH excluding ortho intramolecular Hbond substituents is 1. The molecule has 3 aromatic rings. The molecule has 0 aromatic heterocycles. The Morgan fingerprint density at radius 1 is 0.703 bits per heavy atom. The van der Waals surface area contributed by atoms with Crippen molar-refractivity contribution in [3.05, 3.63) is 89.5 Å². The number of carbonyl (C=O) groups is 1. The smallest absolute Gasteiger partial charge is 0.343 e. The Hall–Kier alpha value is -3.53. The van der Waals surface area contributed by atoms with Crippen molar-refractivity contribution < 1.29 is 19.4 Å². The minimum atomic E-state index is -0.399. The monoisotopic (exact) mass is 500 g/mol. The molecule has 0 saturated heterocycles. The molecule has 0 amide bonds. The molecule has 0 bridgehead atoms. The SMILES string of the molecule is CCCCCCCCCCCCOc1ccc(C(=O)Oc2ccc(/C=C/c3cccc(O)c3)cc2)cc1. The standard InChI is InChI=1S/C33H40O4/c1-2-3-4-5-6-7-8-9-10-11-25-36-31-23-19-29(20-24-31)33(35)37-32-21-17-27(18-22-32)15-16-28-13-12-14-30(34)26-28/h12-24,26,34H,2-11,25H2,1H3/b16-15+. The van der Waals surface area contributed by atoms with E-state index in [4.69, 9.17) is 9.47 Å². The summed E-state index contributed by atoms with van der Waals surface area (Å²) in [7, 11) is 0. The van der Waals surface area contributed by atoms with E-state index in [0.717, 1.165) is 23.3 Å². The Labute approximate surface area is 222 Å². The van der Waals surface area contributed by atoms with Gasteiger partial charge in [-0.3, -0.25) is 0 Å². The number of hydrogen-bond acceptors (Lipinski definition) is 4. The van der Waals surface area contributed by atoms with Crippen LogP contribution in [0.25, 0.3) is 12.2 Å². The van der Waals surface area contributed by atoms with Crippen molar-refractivity contribution in [2.45, 2.75) is 71.1 Å². The van der Waals surface area contributed by atoms with E-state index in [-0.39, 0.29) is 5.75 Å². The van der Waals surface area contributed by atoms with Crippen molar-refractivity contribution in [2.75, 3.05) is 6.61 Å². The number of rotatable bonds is 16. The molecule has 37 heavy (non-hydrogen) atoms. The summed E-state index contributed by atoms with van der Waals surface area (Å²) in [6.07, 6.45) is 16.9. The Bertz CT molecular complexity index is 1080. The van der Waals surface area contributed by atoms with Gasteiger partial charge >= 0.3 is 5.97 Å². The highest BCUT2D eigenvalue weighted by molar-refractivity contribution is 5.91. The summed E-state index contributed by atoms with van der Waals surface area (Å²) in [5.41, 5.74) is 2.36. The van der Waals surface area contributed by atoms with Gasteiger partial charge in [-0.05, 0) is 66.1 Å². The molecule has 0 spiro atoms. The van der Waals surface area contributed by atoms with Crippen LogP contribution in [0.4, 0.5) is 0 Å². The lowest BCUT2D eigenvalue weighted by atomic mass is 10.1. The van der Waals surface area contributed by atoms with Gasteiger partial charge in [-0.2, -0.15) is 0 Å². The Morgan fingerprint density at radius 2 is 1.30 bits per heavy atom. The second-order valence-electron chi connectivity index (χ2n) is 9.44. The summed E-state index contributed by atoms with van der Waals surface area (Å²) >= 11 is 0. The first kappa shape index (κ1) is 28.0. The molecule has 0 aliphatic carbocycles. The van der Waals surface area contributed by atoms with Gasteiger partial charge in [0.2, 0.25) is 0 Å². The third kappa shape index (κ3) is 10.9. The molecular weight excluding hydrogens is 460 g/mol. The van der Waals surface area contributed by atoms with Crippen molar-refractivity contribution in [3.63, 3.8) is 0 Å². The van der Waals surface area contributed by atoms with Gasteiger partial charge in [0, 0.05) is 0 Å². The predicted octanol–water partition coefficient (Wildman–Crippen LogP) is 9.08. The lowest BCUT2D eigenvalue weighted by Gasteiger charge is -2.08. The van der Waals surface area contributed by atoms with Gasteiger partial charge in [0.1, 0.15) is 17.2 Å². The van der Waals surface area contributed by atoms with Gasteiger partial charge in [0.05, 0.1) is 12.2 Å². The van der Waals surface area contributed by atoms with Gasteiger partial charge < -0.3 is 14.6 Å². The van der Waals surface area contributed by atoms with Crippen LogP contribution in [0.1, 0.15) is 92.6 Å². The molecule has 0 heterocycles. The van der Waals surface area contributed by atoms with E-state index in [1.807, 2.05) is 42.5 Å². The summed E-state index contributed by atoms with van der Waals surface area (Å²) in [4.78, 5) is 12.5. The molecule has 0 atom stereocenters. The maximum Gasteiger partial charge on any atom is 0.343 e. The van der Waals surface area contributed by atoms with Crippen LogP contribution in [0.15, 0.2) is 72.8 Å². The average molecular weight is 501 g/mol. The molecule has 0 saturated carbocycles. The zero-order chi connectivity index (χ0) is 26.1. The normalized spacial score (nSPS) is 11.1. The number of unbranched alkanes of at least 4 members (excludes halogenated alkanes) is 9. The van der Waals surface area contributed by atoms with Crippen LogP contribution in [-0.4, -0.2) is 17.7 Å². The molecule has 196 valence electrons. The number of ether oxygens (including phenoxy) is 2. The largest absolute Gasteiger partial charge is 0.508 e. The molecule has 0 aliphatic rings. The first-order chi connectivity index (χ1) is 18.1. The molecule has 3 rings (SSSR count). The number of hydrogen-bond donors (Lipinski definition) is 1. The van der Waals surface area contributed by atoms with E-state index in [1.54, 1.807) is 42.5 Å². The molecular formula is C33H40O4. The lowest BCUT2D eigenvalue weighted by molar-refractivity contribution is 0.0734. The summed E-state index contributed by atoms with van der Waals surface area (Å²) in [6, 6.07) is 21.5. The Kier molecular flexibility index (Phi) is 12.3. The molecule has 4 nitrogen and oxygen atoms in total. The number of carbonyl (C=O) groups excluding carboxylic acids is 1. The van der Waals surface area contributed by atoms with Crippen molar-refractivity contribution in [1.82, 2.24) is 0 Å². The molecule has 0 fully saturated rings. The first-order valence-electron chi connectivity index (χ1n) is 13.7. The fraction of sp³-hybridized carbons (Fsp3) is 0.364. The third-order valence-electron chi connectivity index (χ3n) is 6.29. The van der Waals surface area contributed by atoms with Crippen LogP contribution in [0.5, 0.6) is 17.2 Å². The summed E-state index contributed by atoms with van der Waals surface area (Å²) in [5.74, 6) is 1.10. The minimum absolute atomic E-state index is 0.234. The van der Waals surface area contributed by atoms with E-state index in [1.165, 1.54) is 57.8 Å². The zero-order valence-electron chi connectivity index (χ0n) is 22.0. The maximum absolute atomic E-state index is 12.5. The van der Waals surface area contributed by atoms with E-state index in [9.17, 15) is 9.90 Å². The second-order valence-corrected chi connectivity index (χ2v) is 9.44.